The van der Waals surface area contributed by atoms with E-state index in [1.807, 2.05) is 6.07 Å². The fraction of sp³-hybridized carbons (Fsp3) is 0.318. The molecule has 0 spiro atoms. The molecule has 4 rings (SSSR count). The second kappa shape index (κ2) is 8.34. The summed E-state index contributed by atoms with van der Waals surface area (Å²) >= 11 is 0. The molecule has 7 nitrogen and oxygen atoms in total. The number of hydrogen-bond donors (Lipinski definition) is 1. The van der Waals surface area contributed by atoms with Crippen LogP contribution < -0.4 is 19.7 Å². The Morgan fingerprint density at radius 3 is 2.62 bits per heavy atom. The number of ether oxygens (including phenoxy) is 2. The first-order chi connectivity index (χ1) is 14.2. The second-order valence-corrected chi connectivity index (χ2v) is 7.13. The van der Waals surface area contributed by atoms with Gasteiger partial charge in [-0.15, -0.1) is 5.10 Å². The SMILES string of the molecule is COc1cc2c(cc1OC)CN(c1nncc(NCc3cccc(C)c3)n1)CC2. The van der Waals surface area contributed by atoms with Crippen LogP contribution in [0, 0.1) is 6.92 Å². The van der Waals surface area contributed by atoms with Crippen molar-refractivity contribution in [3.05, 3.63) is 64.8 Å². The Balaban J connectivity index is 1.49. The number of nitrogens with one attached hydrogen (secondary N) is 1. The predicted molar refractivity (Wildman–Crippen MR) is 113 cm³/mol. The van der Waals surface area contributed by atoms with E-state index in [0.29, 0.717) is 19.0 Å². The van der Waals surface area contributed by atoms with Crippen LogP contribution in [0.2, 0.25) is 0 Å². The molecule has 0 unspecified atom stereocenters. The third-order valence-corrected chi connectivity index (χ3v) is 5.10. The van der Waals surface area contributed by atoms with Gasteiger partial charge in [0.05, 0.1) is 20.4 Å². The van der Waals surface area contributed by atoms with Crippen LogP contribution in [0.15, 0.2) is 42.6 Å². The van der Waals surface area contributed by atoms with Gasteiger partial charge in [0.1, 0.15) is 0 Å². The Kier molecular flexibility index (Phi) is 5.46. The van der Waals surface area contributed by atoms with Crippen molar-refractivity contribution in [1.29, 1.82) is 0 Å². The highest BCUT2D eigenvalue weighted by Crippen LogP contribution is 2.33. The Morgan fingerprint density at radius 2 is 1.86 bits per heavy atom. The van der Waals surface area contributed by atoms with Gasteiger partial charge in [-0.2, -0.15) is 10.1 Å². The largest absolute Gasteiger partial charge is 0.493 e. The van der Waals surface area contributed by atoms with E-state index in [1.165, 1.54) is 22.3 Å². The summed E-state index contributed by atoms with van der Waals surface area (Å²) in [4.78, 5) is 6.81. The first-order valence-corrected chi connectivity index (χ1v) is 9.64. The minimum Gasteiger partial charge on any atom is -0.493 e. The maximum atomic E-state index is 5.45. The van der Waals surface area contributed by atoms with Crippen LogP contribution in [0.4, 0.5) is 11.8 Å². The molecular formula is C22H25N5O2. The summed E-state index contributed by atoms with van der Waals surface area (Å²) < 4.78 is 10.9. The Labute approximate surface area is 170 Å². The standard InChI is InChI=1S/C22H25N5O2/c1-15-5-4-6-16(9-15)12-23-21-13-24-26-22(25-21)27-8-7-17-10-19(28-2)20(29-3)11-18(17)14-27/h4-6,9-11,13H,7-8,12,14H2,1-3H3,(H,23,25,26). The molecule has 150 valence electrons. The third-order valence-electron chi connectivity index (χ3n) is 5.10. The summed E-state index contributed by atoms with van der Waals surface area (Å²) in [6.07, 6.45) is 2.55. The van der Waals surface area contributed by atoms with Crippen molar-refractivity contribution in [3.8, 4) is 11.5 Å². The van der Waals surface area contributed by atoms with E-state index < -0.39 is 0 Å². The van der Waals surface area contributed by atoms with Crippen molar-refractivity contribution in [3.63, 3.8) is 0 Å². The van der Waals surface area contributed by atoms with Crippen LogP contribution in [-0.2, 0) is 19.5 Å². The number of hydrogen-bond acceptors (Lipinski definition) is 7. The van der Waals surface area contributed by atoms with Crippen molar-refractivity contribution in [2.45, 2.75) is 26.4 Å². The summed E-state index contributed by atoms with van der Waals surface area (Å²) in [5, 5.41) is 11.7. The zero-order valence-corrected chi connectivity index (χ0v) is 17.0. The molecule has 0 saturated carbocycles. The highest BCUT2D eigenvalue weighted by molar-refractivity contribution is 5.51. The molecule has 1 aliphatic rings. The minimum absolute atomic E-state index is 0.625. The lowest BCUT2D eigenvalue weighted by molar-refractivity contribution is 0.353. The maximum absolute atomic E-state index is 5.45. The van der Waals surface area contributed by atoms with Gasteiger partial charge >= 0.3 is 0 Å². The Bertz CT molecular complexity index is 1010. The maximum Gasteiger partial charge on any atom is 0.247 e. The summed E-state index contributed by atoms with van der Waals surface area (Å²) in [6.45, 7) is 4.32. The number of aryl methyl sites for hydroxylation is 1. The van der Waals surface area contributed by atoms with Crippen molar-refractivity contribution >= 4 is 11.8 Å². The molecule has 1 aromatic heterocycles. The second-order valence-electron chi connectivity index (χ2n) is 7.13. The van der Waals surface area contributed by atoms with Crippen molar-refractivity contribution in [2.75, 3.05) is 31.0 Å². The highest BCUT2D eigenvalue weighted by Gasteiger charge is 2.21. The smallest absolute Gasteiger partial charge is 0.247 e. The van der Waals surface area contributed by atoms with Gasteiger partial charge < -0.3 is 19.7 Å². The van der Waals surface area contributed by atoms with Crippen LogP contribution in [0.1, 0.15) is 22.3 Å². The van der Waals surface area contributed by atoms with Gasteiger partial charge in [0.2, 0.25) is 5.95 Å². The monoisotopic (exact) mass is 391 g/mol. The number of fused-ring (bicyclic) bond motifs is 1. The van der Waals surface area contributed by atoms with Gasteiger partial charge in [-0.3, -0.25) is 0 Å². The van der Waals surface area contributed by atoms with E-state index in [9.17, 15) is 0 Å². The lowest BCUT2D eigenvalue weighted by atomic mass is 9.99. The molecule has 0 saturated heterocycles. The van der Waals surface area contributed by atoms with Gasteiger partial charge in [0.25, 0.3) is 0 Å². The van der Waals surface area contributed by atoms with Gasteiger partial charge in [-0.25, -0.2) is 0 Å². The van der Waals surface area contributed by atoms with Crippen molar-refractivity contribution < 1.29 is 9.47 Å². The van der Waals surface area contributed by atoms with E-state index in [-0.39, 0.29) is 0 Å². The van der Waals surface area contributed by atoms with Crippen molar-refractivity contribution in [2.24, 2.45) is 0 Å². The molecule has 0 fully saturated rings. The first kappa shape index (κ1) is 19.0. The minimum atomic E-state index is 0.625. The van der Waals surface area contributed by atoms with Crippen LogP contribution in [0.25, 0.3) is 0 Å². The van der Waals surface area contributed by atoms with E-state index in [4.69, 9.17) is 9.47 Å². The summed E-state index contributed by atoms with van der Waals surface area (Å²) in [6, 6.07) is 12.5. The quantitative estimate of drug-likeness (QED) is 0.691. The molecule has 0 radical (unpaired) electrons. The molecule has 2 aromatic carbocycles. The lowest BCUT2D eigenvalue weighted by Crippen LogP contribution is -2.32. The molecular weight excluding hydrogens is 366 g/mol. The fourth-order valence-electron chi connectivity index (χ4n) is 3.58. The molecule has 7 heteroatoms. The first-order valence-electron chi connectivity index (χ1n) is 9.64. The zero-order chi connectivity index (χ0) is 20.2. The zero-order valence-electron chi connectivity index (χ0n) is 17.0. The van der Waals surface area contributed by atoms with E-state index in [2.05, 4.69) is 62.7 Å². The normalized spacial score (nSPS) is 13.0. The van der Waals surface area contributed by atoms with Gasteiger partial charge in [-0.1, -0.05) is 29.8 Å². The van der Waals surface area contributed by atoms with E-state index in [1.54, 1.807) is 20.4 Å². The number of rotatable bonds is 6. The Hall–Kier alpha value is -3.35. The van der Waals surface area contributed by atoms with Gasteiger partial charge in [0, 0.05) is 19.6 Å². The topological polar surface area (TPSA) is 72.4 Å². The van der Waals surface area contributed by atoms with Crippen LogP contribution in [0.3, 0.4) is 0 Å². The molecule has 1 aliphatic heterocycles. The highest BCUT2D eigenvalue weighted by atomic mass is 16.5. The summed E-state index contributed by atoms with van der Waals surface area (Å²) in [5.41, 5.74) is 4.90. The van der Waals surface area contributed by atoms with Crippen LogP contribution in [0.5, 0.6) is 11.5 Å². The van der Waals surface area contributed by atoms with Crippen LogP contribution >= 0.6 is 0 Å². The van der Waals surface area contributed by atoms with Gasteiger partial charge in [-0.05, 0) is 42.2 Å². The number of aromatic nitrogens is 3. The molecule has 0 atom stereocenters. The number of methoxy groups -OCH3 is 2. The average Bonchev–Trinajstić information content (AvgIpc) is 2.76. The summed E-state index contributed by atoms with van der Waals surface area (Å²) in [7, 11) is 3.31. The molecule has 0 aliphatic carbocycles. The third kappa shape index (κ3) is 4.23. The average molecular weight is 391 g/mol. The van der Waals surface area contributed by atoms with E-state index >= 15 is 0 Å². The lowest BCUT2D eigenvalue weighted by Gasteiger charge is -2.29. The van der Waals surface area contributed by atoms with Crippen LogP contribution in [-0.4, -0.2) is 35.9 Å². The number of nitrogens with zero attached hydrogens (tertiary/aromatic N) is 4. The number of anilines is 2. The summed E-state index contributed by atoms with van der Waals surface area (Å²) in [5.74, 6) is 2.84. The molecule has 2 heterocycles. The molecule has 0 bridgehead atoms. The molecule has 29 heavy (non-hydrogen) atoms. The fourth-order valence-corrected chi connectivity index (χ4v) is 3.58. The Morgan fingerprint density at radius 1 is 1.07 bits per heavy atom. The molecule has 1 N–H and O–H groups in total. The predicted octanol–water partition coefficient (Wildman–Crippen LogP) is 3.37. The van der Waals surface area contributed by atoms with Gasteiger partial charge in [0.15, 0.2) is 17.3 Å². The molecule has 3 aromatic rings. The van der Waals surface area contributed by atoms with Crippen molar-refractivity contribution in [1.82, 2.24) is 15.2 Å². The molecule has 0 amide bonds. The van der Waals surface area contributed by atoms with E-state index in [0.717, 1.165) is 30.3 Å². The number of benzene rings is 2.